The summed E-state index contributed by atoms with van der Waals surface area (Å²) in [5.41, 5.74) is 0.708. The van der Waals surface area contributed by atoms with Gasteiger partial charge in [0.15, 0.2) is 6.10 Å². The average molecular weight is 379 g/mol. The van der Waals surface area contributed by atoms with Gasteiger partial charge in [-0.2, -0.15) is 0 Å². The van der Waals surface area contributed by atoms with Crippen LogP contribution in [0.25, 0.3) is 0 Å². The summed E-state index contributed by atoms with van der Waals surface area (Å²) in [6.07, 6.45) is -1.08. The minimum atomic E-state index is -1.08. The standard InChI is InChI=1S/C18H16ClFN2O4/c1-11(17(24)22-15-8-6-14(20)7-9-15)26-16(23)10-21-18(25)12-2-4-13(19)5-3-12/h2-9,11H,10H2,1H3,(H,21,25)(H,22,24). The summed E-state index contributed by atoms with van der Waals surface area (Å²) in [5.74, 6) is -2.25. The van der Waals surface area contributed by atoms with E-state index in [4.69, 9.17) is 16.3 Å². The maximum Gasteiger partial charge on any atom is 0.326 e. The van der Waals surface area contributed by atoms with Gasteiger partial charge in [0.1, 0.15) is 12.4 Å². The summed E-state index contributed by atoms with van der Waals surface area (Å²) in [7, 11) is 0. The number of carbonyl (C=O) groups is 3. The van der Waals surface area contributed by atoms with E-state index < -0.39 is 36.2 Å². The molecule has 0 aliphatic rings. The highest BCUT2D eigenvalue weighted by molar-refractivity contribution is 6.30. The quantitative estimate of drug-likeness (QED) is 0.757. The van der Waals surface area contributed by atoms with Gasteiger partial charge in [0.2, 0.25) is 0 Å². The predicted octanol–water partition coefficient (Wildman–Crippen LogP) is 2.78. The Bertz CT molecular complexity index is 794. The smallest absolute Gasteiger partial charge is 0.326 e. The summed E-state index contributed by atoms with van der Waals surface area (Å²) < 4.78 is 17.8. The molecule has 8 heteroatoms. The van der Waals surface area contributed by atoms with Crippen LogP contribution in [0.15, 0.2) is 48.5 Å². The van der Waals surface area contributed by atoms with Gasteiger partial charge in [-0.05, 0) is 55.5 Å². The molecule has 2 N–H and O–H groups in total. The third-order valence-corrected chi connectivity index (χ3v) is 3.54. The minimum Gasteiger partial charge on any atom is -0.451 e. The molecule has 1 unspecified atom stereocenters. The first kappa shape index (κ1) is 19.4. The summed E-state index contributed by atoms with van der Waals surface area (Å²) in [6, 6.07) is 11.3. The van der Waals surface area contributed by atoms with E-state index in [1.165, 1.54) is 43.3 Å². The summed E-state index contributed by atoms with van der Waals surface area (Å²) in [4.78, 5) is 35.6. The molecule has 0 aromatic heterocycles. The maximum atomic E-state index is 12.8. The van der Waals surface area contributed by atoms with E-state index in [9.17, 15) is 18.8 Å². The predicted molar refractivity (Wildman–Crippen MR) is 94.4 cm³/mol. The van der Waals surface area contributed by atoms with Gasteiger partial charge in [-0.15, -0.1) is 0 Å². The number of esters is 1. The fraction of sp³-hybridized carbons (Fsp3) is 0.167. The SMILES string of the molecule is CC(OC(=O)CNC(=O)c1ccc(Cl)cc1)C(=O)Nc1ccc(F)cc1. The fourth-order valence-corrected chi connectivity index (χ4v) is 2.05. The van der Waals surface area contributed by atoms with E-state index in [1.54, 1.807) is 12.1 Å². The lowest BCUT2D eigenvalue weighted by molar-refractivity contribution is -0.152. The van der Waals surface area contributed by atoms with E-state index in [-0.39, 0.29) is 0 Å². The van der Waals surface area contributed by atoms with Crippen molar-refractivity contribution in [2.24, 2.45) is 0 Å². The lowest BCUT2D eigenvalue weighted by Gasteiger charge is -2.14. The largest absolute Gasteiger partial charge is 0.451 e. The number of amides is 2. The molecule has 0 aliphatic carbocycles. The van der Waals surface area contributed by atoms with E-state index in [0.717, 1.165) is 0 Å². The number of nitrogens with one attached hydrogen (secondary N) is 2. The van der Waals surface area contributed by atoms with Crippen molar-refractivity contribution in [2.45, 2.75) is 13.0 Å². The molecule has 0 fully saturated rings. The fourth-order valence-electron chi connectivity index (χ4n) is 1.93. The zero-order valence-corrected chi connectivity index (χ0v) is 14.5. The second kappa shape index (κ2) is 8.96. The molecular formula is C18H16ClFN2O4. The van der Waals surface area contributed by atoms with Gasteiger partial charge in [0.05, 0.1) is 0 Å². The van der Waals surface area contributed by atoms with Crippen LogP contribution in [0.1, 0.15) is 17.3 Å². The van der Waals surface area contributed by atoms with Crippen molar-refractivity contribution >= 4 is 35.1 Å². The zero-order chi connectivity index (χ0) is 19.1. The van der Waals surface area contributed by atoms with E-state index in [0.29, 0.717) is 16.3 Å². The van der Waals surface area contributed by atoms with Gasteiger partial charge in [0, 0.05) is 16.3 Å². The summed E-state index contributed by atoms with van der Waals surface area (Å²) >= 11 is 5.73. The second-order valence-corrected chi connectivity index (χ2v) is 5.75. The van der Waals surface area contributed by atoms with Crippen LogP contribution in [0.2, 0.25) is 5.02 Å². The maximum absolute atomic E-state index is 12.8. The Balaban J connectivity index is 1.79. The van der Waals surface area contributed by atoms with Gasteiger partial charge < -0.3 is 15.4 Å². The Labute approximate surface area is 154 Å². The zero-order valence-electron chi connectivity index (χ0n) is 13.8. The Kier molecular flexibility index (Phi) is 6.68. The summed E-state index contributed by atoms with van der Waals surface area (Å²) in [5, 5.41) is 5.36. The highest BCUT2D eigenvalue weighted by atomic mass is 35.5. The van der Waals surface area contributed by atoms with Crippen LogP contribution in [-0.2, 0) is 14.3 Å². The molecule has 2 rings (SSSR count). The van der Waals surface area contributed by atoms with Gasteiger partial charge in [-0.1, -0.05) is 11.6 Å². The van der Waals surface area contributed by atoms with Crippen LogP contribution in [0.5, 0.6) is 0 Å². The topological polar surface area (TPSA) is 84.5 Å². The number of carbonyl (C=O) groups excluding carboxylic acids is 3. The molecule has 6 nitrogen and oxygen atoms in total. The van der Waals surface area contributed by atoms with Crippen molar-refractivity contribution in [2.75, 3.05) is 11.9 Å². The highest BCUT2D eigenvalue weighted by Gasteiger charge is 2.18. The average Bonchev–Trinajstić information content (AvgIpc) is 2.62. The van der Waals surface area contributed by atoms with Gasteiger partial charge >= 0.3 is 5.97 Å². The van der Waals surface area contributed by atoms with Crippen LogP contribution in [0, 0.1) is 5.82 Å². The Morgan fingerprint density at radius 2 is 1.69 bits per heavy atom. The number of hydrogen-bond acceptors (Lipinski definition) is 4. The molecule has 136 valence electrons. The second-order valence-electron chi connectivity index (χ2n) is 5.32. The Hall–Kier alpha value is -2.93. The van der Waals surface area contributed by atoms with Crippen molar-refractivity contribution in [3.8, 4) is 0 Å². The first-order chi connectivity index (χ1) is 12.3. The molecule has 26 heavy (non-hydrogen) atoms. The molecule has 0 aliphatic heterocycles. The van der Waals surface area contributed by atoms with Crippen molar-refractivity contribution < 1.29 is 23.5 Å². The molecule has 0 bridgehead atoms. The third-order valence-electron chi connectivity index (χ3n) is 3.29. The monoisotopic (exact) mass is 378 g/mol. The molecule has 2 amide bonds. The lowest BCUT2D eigenvalue weighted by atomic mass is 10.2. The molecule has 0 saturated heterocycles. The lowest BCUT2D eigenvalue weighted by Crippen LogP contribution is -2.35. The van der Waals surface area contributed by atoms with E-state index >= 15 is 0 Å². The highest BCUT2D eigenvalue weighted by Crippen LogP contribution is 2.10. The Morgan fingerprint density at radius 3 is 2.31 bits per heavy atom. The number of rotatable bonds is 6. The van der Waals surface area contributed by atoms with Crippen molar-refractivity contribution in [1.29, 1.82) is 0 Å². The number of ether oxygens (including phenoxy) is 1. The van der Waals surface area contributed by atoms with Crippen LogP contribution in [-0.4, -0.2) is 30.4 Å². The molecule has 0 spiro atoms. The van der Waals surface area contributed by atoms with Crippen LogP contribution in [0.3, 0.4) is 0 Å². The van der Waals surface area contributed by atoms with Crippen LogP contribution in [0.4, 0.5) is 10.1 Å². The van der Waals surface area contributed by atoms with Gasteiger partial charge in [0.25, 0.3) is 11.8 Å². The molecule has 0 heterocycles. The van der Waals surface area contributed by atoms with Gasteiger partial charge in [-0.3, -0.25) is 14.4 Å². The first-order valence-corrected chi connectivity index (χ1v) is 8.02. The number of anilines is 1. The Morgan fingerprint density at radius 1 is 1.08 bits per heavy atom. The molecular weight excluding hydrogens is 363 g/mol. The normalized spacial score (nSPS) is 11.3. The molecule has 1 atom stereocenters. The van der Waals surface area contributed by atoms with Gasteiger partial charge in [-0.25, -0.2) is 4.39 Å². The number of benzene rings is 2. The molecule has 2 aromatic carbocycles. The van der Waals surface area contributed by atoms with Crippen molar-refractivity contribution in [3.63, 3.8) is 0 Å². The molecule has 0 radical (unpaired) electrons. The first-order valence-electron chi connectivity index (χ1n) is 7.65. The van der Waals surface area contributed by atoms with E-state index in [1.807, 2.05) is 0 Å². The molecule has 0 saturated carbocycles. The molecule has 2 aromatic rings. The number of hydrogen-bond donors (Lipinski definition) is 2. The van der Waals surface area contributed by atoms with E-state index in [2.05, 4.69) is 10.6 Å². The van der Waals surface area contributed by atoms with Crippen molar-refractivity contribution in [1.82, 2.24) is 5.32 Å². The van der Waals surface area contributed by atoms with Crippen LogP contribution >= 0.6 is 11.6 Å². The van der Waals surface area contributed by atoms with Crippen LogP contribution < -0.4 is 10.6 Å². The minimum absolute atomic E-state index is 0.337. The van der Waals surface area contributed by atoms with Crippen molar-refractivity contribution in [3.05, 3.63) is 64.9 Å². The summed E-state index contributed by atoms with van der Waals surface area (Å²) in [6.45, 7) is 0.993. The third kappa shape index (κ3) is 5.86. The number of halogens is 2.